The zero-order valence-corrected chi connectivity index (χ0v) is 12.2. The van der Waals surface area contributed by atoms with Crippen LogP contribution in [0.4, 0.5) is 19.3 Å². The van der Waals surface area contributed by atoms with Crippen molar-refractivity contribution in [1.82, 2.24) is 5.32 Å². The second kappa shape index (κ2) is 6.56. The minimum Gasteiger partial charge on any atom is -0.303 e. The first kappa shape index (κ1) is 15.5. The van der Waals surface area contributed by atoms with E-state index in [1.54, 1.807) is 0 Å². The van der Waals surface area contributed by atoms with Gasteiger partial charge in [-0.25, -0.2) is 13.6 Å². The molecule has 3 nitrogen and oxygen atoms in total. The molecular weight excluding hydrogens is 376 g/mol. The number of carbonyl (C=O) groups is 1. The number of benzene rings is 1. The third kappa shape index (κ3) is 4.28. The lowest BCUT2D eigenvalue weighted by atomic mass is 10.3. The number of rotatable bonds is 2. The normalized spacial score (nSPS) is 9.89. The second-order valence-electron chi connectivity index (χ2n) is 2.90. The molecule has 1 rings (SSSR count). The molecule has 0 aliphatic rings. The highest BCUT2D eigenvalue weighted by atomic mass is 79.9. The molecule has 0 unspecified atom stereocenters. The quantitative estimate of drug-likeness (QED) is 0.718. The lowest BCUT2D eigenvalue weighted by molar-refractivity contribution is 0.254. The molecule has 0 heterocycles. The van der Waals surface area contributed by atoms with Gasteiger partial charge >= 0.3 is 6.03 Å². The average molecular weight is 380 g/mol. The van der Waals surface area contributed by atoms with E-state index in [4.69, 9.17) is 34.8 Å². The van der Waals surface area contributed by atoms with Crippen LogP contribution in [0.5, 0.6) is 0 Å². The summed E-state index contributed by atoms with van der Waals surface area (Å²) in [5.41, 5.74) is -0.620. The van der Waals surface area contributed by atoms with Gasteiger partial charge in [-0.3, -0.25) is 5.32 Å². The summed E-state index contributed by atoms with van der Waals surface area (Å²) in [6, 6.07) is 0.994. The fraction of sp³-hybridized carbons (Fsp3) is 0. The van der Waals surface area contributed by atoms with Gasteiger partial charge in [-0.1, -0.05) is 50.7 Å². The van der Waals surface area contributed by atoms with E-state index in [1.165, 1.54) is 0 Å². The van der Waals surface area contributed by atoms with Crippen molar-refractivity contribution in [3.63, 3.8) is 0 Å². The summed E-state index contributed by atoms with van der Waals surface area (Å²) in [6.45, 7) is 0. The predicted molar refractivity (Wildman–Crippen MR) is 70.8 cm³/mol. The lowest BCUT2D eigenvalue weighted by Gasteiger charge is -2.09. The number of carbonyl (C=O) groups excluding carboxylic acids is 1. The number of hydrogen-bond donors (Lipinski definition) is 2. The Balaban J connectivity index is 2.86. The molecule has 0 saturated carbocycles. The maximum absolute atomic E-state index is 13.4. The minimum atomic E-state index is -0.987. The monoisotopic (exact) mass is 378 g/mol. The van der Waals surface area contributed by atoms with Gasteiger partial charge in [0.2, 0.25) is 0 Å². The van der Waals surface area contributed by atoms with Crippen LogP contribution in [0.25, 0.3) is 0 Å². The van der Waals surface area contributed by atoms with Gasteiger partial charge in [-0.2, -0.15) is 0 Å². The summed E-state index contributed by atoms with van der Waals surface area (Å²) in [5, 5.41) is 3.55. The fourth-order valence-corrected chi connectivity index (χ4v) is 1.54. The first-order valence-electron chi connectivity index (χ1n) is 4.24. The van der Waals surface area contributed by atoms with Crippen LogP contribution in [0.1, 0.15) is 0 Å². The standard InChI is InChI=1S/C9H4BrCl3F2N2O/c10-3-1-4(14)6(5(15)2-3)16-9(18)17-8(13)7(11)12/h1-2H,(H2,16,17,18). The summed E-state index contributed by atoms with van der Waals surface area (Å²) >= 11 is 18.9. The van der Waals surface area contributed by atoms with E-state index in [9.17, 15) is 13.6 Å². The van der Waals surface area contributed by atoms with Crippen LogP contribution in [-0.2, 0) is 0 Å². The maximum Gasteiger partial charge on any atom is 0.324 e. The Hall–Kier alpha value is -0.560. The molecule has 0 aromatic heterocycles. The molecule has 0 aliphatic heterocycles. The summed E-state index contributed by atoms with van der Waals surface area (Å²) in [5.74, 6) is -1.90. The highest BCUT2D eigenvalue weighted by molar-refractivity contribution is 9.10. The predicted octanol–water partition coefficient (Wildman–Crippen LogP) is 4.69. The third-order valence-corrected chi connectivity index (χ3v) is 2.95. The van der Waals surface area contributed by atoms with E-state index < -0.39 is 23.4 Å². The zero-order chi connectivity index (χ0) is 13.9. The van der Waals surface area contributed by atoms with Crippen molar-refractivity contribution in [2.75, 3.05) is 5.32 Å². The Kier molecular flexibility index (Phi) is 5.65. The Morgan fingerprint density at radius 3 is 2.11 bits per heavy atom. The molecule has 0 radical (unpaired) electrons. The fourth-order valence-electron chi connectivity index (χ4n) is 0.953. The van der Waals surface area contributed by atoms with Gasteiger partial charge < -0.3 is 5.32 Å². The highest BCUT2D eigenvalue weighted by Gasteiger charge is 2.14. The van der Waals surface area contributed by atoms with Crippen LogP contribution in [0.15, 0.2) is 26.3 Å². The zero-order valence-electron chi connectivity index (χ0n) is 8.33. The number of urea groups is 1. The first-order valence-corrected chi connectivity index (χ1v) is 6.17. The Morgan fingerprint density at radius 2 is 1.67 bits per heavy atom. The number of amides is 2. The molecule has 0 fully saturated rings. The molecule has 2 N–H and O–H groups in total. The van der Waals surface area contributed by atoms with Crippen LogP contribution in [0, 0.1) is 11.6 Å². The Labute approximate surface area is 124 Å². The van der Waals surface area contributed by atoms with E-state index in [0.717, 1.165) is 12.1 Å². The Morgan fingerprint density at radius 1 is 1.17 bits per heavy atom. The first-order chi connectivity index (χ1) is 8.31. The summed E-state index contributed by atoms with van der Waals surface area (Å²) in [4.78, 5) is 11.3. The summed E-state index contributed by atoms with van der Waals surface area (Å²) in [6.07, 6.45) is 0. The summed E-state index contributed by atoms with van der Waals surface area (Å²) < 4.78 is 26.5. The van der Waals surface area contributed by atoms with Crippen molar-refractivity contribution in [1.29, 1.82) is 0 Å². The number of halogens is 6. The molecule has 18 heavy (non-hydrogen) atoms. The maximum atomic E-state index is 13.4. The van der Waals surface area contributed by atoms with Crippen LogP contribution in [-0.4, -0.2) is 6.03 Å². The van der Waals surface area contributed by atoms with Crippen LogP contribution in [0.3, 0.4) is 0 Å². The molecule has 0 aliphatic carbocycles. The topological polar surface area (TPSA) is 41.1 Å². The number of anilines is 1. The molecule has 0 atom stereocenters. The van der Waals surface area contributed by atoms with Crippen molar-refractivity contribution in [2.45, 2.75) is 0 Å². The van der Waals surface area contributed by atoms with Gasteiger partial charge in [0.15, 0.2) is 11.6 Å². The molecule has 0 spiro atoms. The van der Waals surface area contributed by atoms with E-state index in [2.05, 4.69) is 15.9 Å². The van der Waals surface area contributed by atoms with Crippen LogP contribution >= 0.6 is 50.7 Å². The van der Waals surface area contributed by atoms with Gasteiger partial charge in [0.05, 0.1) is 0 Å². The van der Waals surface area contributed by atoms with E-state index in [1.807, 2.05) is 10.6 Å². The largest absolute Gasteiger partial charge is 0.324 e. The molecule has 2 amide bonds. The molecule has 1 aromatic rings. The lowest BCUT2D eigenvalue weighted by Crippen LogP contribution is -2.27. The van der Waals surface area contributed by atoms with Crippen LogP contribution < -0.4 is 10.6 Å². The number of hydrogen-bond acceptors (Lipinski definition) is 1. The van der Waals surface area contributed by atoms with Gasteiger partial charge in [0.1, 0.15) is 15.3 Å². The van der Waals surface area contributed by atoms with E-state index in [-0.39, 0.29) is 14.1 Å². The van der Waals surface area contributed by atoms with Gasteiger partial charge in [-0.05, 0) is 12.1 Å². The molecular formula is C9H4BrCl3F2N2O. The van der Waals surface area contributed by atoms with Crippen molar-refractivity contribution in [3.8, 4) is 0 Å². The smallest absolute Gasteiger partial charge is 0.303 e. The average Bonchev–Trinajstić information content (AvgIpc) is 2.23. The van der Waals surface area contributed by atoms with Gasteiger partial charge in [0, 0.05) is 4.47 Å². The highest BCUT2D eigenvalue weighted by Crippen LogP contribution is 2.24. The minimum absolute atomic E-state index is 0.199. The van der Waals surface area contributed by atoms with Crippen molar-refractivity contribution >= 4 is 62.5 Å². The molecule has 1 aromatic carbocycles. The third-order valence-electron chi connectivity index (χ3n) is 1.63. The SMILES string of the molecule is O=C(NC(Cl)=C(Cl)Cl)Nc1c(F)cc(Br)cc1F. The van der Waals surface area contributed by atoms with Crippen molar-refractivity contribution in [2.24, 2.45) is 0 Å². The molecule has 98 valence electrons. The van der Waals surface area contributed by atoms with Gasteiger partial charge in [-0.15, -0.1) is 0 Å². The summed E-state index contributed by atoms with van der Waals surface area (Å²) in [7, 11) is 0. The second-order valence-corrected chi connectivity index (χ2v) is 5.14. The van der Waals surface area contributed by atoms with E-state index in [0.29, 0.717) is 0 Å². The molecule has 0 bridgehead atoms. The Bertz CT molecular complexity index is 498. The number of nitrogens with one attached hydrogen (secondary N) is 2. The van der Waals surface area contributed by atoms with Crippen molar-refractivity contribution in [3.05, 3.63) is 37.9 Å². The van der Waals surface area contributed by atoms with E-state index >= 15 is 0 Å². The van der Waals surface area contributed by atoms with Gasteiger partial charge in [0.25, 0.3) is 0 Å². The van der Waals surface area contributed by atoms with Crippen molar-refractivity contribution < 1.29 is 13.6 Å². The van der Waals surface area contributed by atoms with Crippen LogP contribution in [0.2, 0.25) is 0 Å². The molecule has 9 heteroatoms. The molecule has 0 saturated heterocycles.